The Hall–Kier alpha value is -2.37. The SMILES string of the molecule is COc1cc(C2OCCO2)c(C(C)C(=O)c2ccccc2)cc1OC. The zero-order valence-corrected chi connectivity index (χ0v) is 14.7. The molecule has 2 aromatic carbocycles. The third kappa shape index (κ3) is 3.52. The van der Waals surface area contributed by atoms with Crippen molar-refractivity contribution in [3.63, 3.8) is 0 Å². The van der Waals surface area contributed by atoms with Gasteiger partial charge in [0.2, 0.25) is 0 Å². The lowest BCUT2D eigenvalue weighted by Gasteiger charge is -2.21. The lowest BCUT2D eigenvalue weighted by Crippen LogP contribution is -2.14. The van der Waals surface area contributed by atoms with Crippen LogP contribution in [0, 0.1) is 0 Å². The summed E-state index contributed by atoms with van der Waals surface area (Å²) < 4.78 is 22.1. The van der Waals surface area contributed by atoms with Crippen LogP contribution in [0.5, 0.6) is 11.5 Å². The van der Waals surface area contributed by atoms with Crippen molar-refractivity contribution < 1.29 is 23.7 Å². The standard InChI is InChI=1S/C20H22O5/c1-13(19(21)14-7-5-4-6-8-14)15-11-17(22-2)18(23-3)12-16(15)20-24-9-10-25-20/h4-8,11-13,20H,9-10H2,1-3H3. The van der Waals surface area contributed by atoms with E-state index in [2.05, 4.69) is 0 Å². The second-order valence-electron chi connectivity index (χ2n) is 5.86. The number of ether oxygens (including phenoxy) is 4. The Kier molecular flexibility index (Phi) is 5.36. The fourth-order valence-electron chi connectivity index (χ4n) is 3.02. The number of Topliss-reactive ketones (excluding diaryl/α,β-unsaturated/α-hetero) is 1. The third-order valence-electron chi connectivity index (χ3n) is 4.38. The van der Waals surface area contributed by atoms with Crippen molar-refractivity contribution in [3.8, 4) is 11.5 Å². The molecule has 0 radical (unpaired) electrons. The van der Waals surface area contributed by atoms with Gasteiger partial charge in [-0.2, -0.15) is 0 Å². The van der Waals surface area contributed by atoms with Crippen LogP contribution in [-0.2, 0) is 9.47 Å². The summed E-state index contributed by atoms with van der Waals surface area (Å²) in [4.78, 5) is 12.9. The first-order chi connectivity index (χ1) is 12.2. The quantitative estimate of drug-likeness (QED) is 0.749. The molecule has 3 rings (SSSR count). The van der Waals surface area contributed by atoms with Gasteiger partial charge in [0, 0.05) is 17.0 Å². The van der Waals surface area contributed by atoms with E-state index in [0.29, 0.717) is 30.3 Å². The lowest BCUT2D eigenvalue weighted by atomic mass is 9.88. The van der Waals surface area contributed by atoms with Gasteiger partial charge in [0.15, 0.2) is 23.6 Å². The Balaban J connectivity index is 2.04. The van der Waals surface area contributed by atoms with Gasteiger partial charge >= 0.3 is 0 Å². The first kappa shape index (κ1) is 17.5. The van der Waals surface area contributed by atoms with Crippen molar-refractivity contribution in [2.75, 3.05) is 27.4 Å². The molecule has 132 valence electrons. The minimum absolute atomic E-state index is 0.0343. The highest BCUT2D eigenvalue weighted by molar-refractivity contribution is 6.01. The van der Waals surface area contributed by atoms with Gasteiger partial charge in [0.1, 0.15) is 0 Å². The third-order valence-corrected chi connectivity index (χ3v) is 4.38. The van der Waals surface area contributed by atoms with Crippen molar-refractivity contribution in [1.82, 2.24) is 0 Å². The molecule has 1 atom stereocenters. The molecular formula is C20H22O5. The zero-order valence-electron chi connectivity index (χ0n) is 14.7. The predicted octanol–water partition coefficient (Wildman–Crippen LogP) is 3.74. The van der Waals surface area contributed by atoms with Crippen LogP contribution in [-0.4, -0.2) is 33.2 Å². The summed E-state index contributed by atoms with van der Waals surface area (Å²) in [6.07, 6.45) is -0.499. The summed E-state index contributed by atoms with van der Waals surface area (Å²) in [6, 6.07) is 12.9. The van der Waals surface area contributed by atoms with E-state index < -0.39 is 6.29 Å². The number of methoxy groups -OCH3 is 2. The van der Waals surface area contributed by atoms with Crippen molar-refractivity contribution >= 4 is 5.78 Å². The molecule has 0 aromatic heterocycles. The van der Waals surface area contributed by atoms with Crippen molar-refractivity contribution in [1.29, 1.82) is 0 Å². The van der Waals surface area contributed by atoms with Gasteiger partial charge in [-0.3, -0.25) is 4.79 Å². The van der Waals surface area contributed by atoms with Gasteiger partial charge in [0.05, 0.1) is 27.4 Å². The fourth-order valence-corrected chi connectivity index (χ4v) is 3.02. The van der Waals surface area contributed by atoms with E-state index in [1.54, 1.807) is 14.2 Å². The van der Waals surface area contributed by atoms with Crippen LogP contribution in [0.4, 0.5) is 0 Å². The summed E-state index contributed by atoms with van der Waals surface area (Å²) in [5.74, 6) is 0.823. The predicted molar refractivity (Wildman–Crippen MR) is 93.4 cm³/mol. The van der Waals surface area contributed by atoms with Gasteiger partial charge in [-0.05, 0) is 17.7 Å². The van der Waals surface area contributed by atoms with Crippen molar-refractivity contribution in [2.24, 2.45) is 0 Å². The Morgan fingerprint density at radius 3 is 2.24 bits per heavy atom. The van der Waals surface area contributed by atoms with Crippen LogP contribution in [0.3, 0.4) is 0 Å². The monoisotopic (exact) mass is 342 g/mol. The highest BCUT2D eigenvalue weighted by atomic mass is 16.7. The molecule has 1 saturated heterocycles. The van der Waals surface area contributed by atoms with Crippen LogP contribution in [0.25, 0.3) is 0 Å². The first-order valence-corrected chi connectivity index (χ1v) is 8.24. The minimum atomic E-state index is -0.499. The normalized spacial score (nSPS) is 15.8. The molecule has 0 spiro atoms. The van der Waals surface area contributed by atoms with E-state index in [4.69, 9.17) is 18.9 Å². The molecule has 1 unspecified atom stereocenters. The maximum atomic E-state index is 12.9. The molecule has 1 aliphatic rings. The van der Waals surface area contributed by atoms with Gasteiger partial charge in [-0.15, -0.1) is 0 Å². The number of hydrogen-bond acceptors (Lipinski definition) is 5. The first-order valence-electron chi connectivity index (χ1n) is 8.24. The largest absolute Gasteiger partial charge is 0.493 e. The number of ketones is 1. The summed E-state index contributed by atoms with van der Waals surface area (Å²) in [5, 5.41) is 0. The van der Waals surface area contributed by atoms with E-state index in [1.807, 2.05) is 49.4 Å². The molecule has 0 bridgehead atoms. The molecule has 2 aromatic rings. The van der Waals surface area contributed by atoms with E-state index >= 15 is 0 Å². The van der Waals surface area contributed by atoms with Gasteiger partial charge in [-0.25, -0.2) is 0 Å². The summed E-state index contributed by atoms with van der Waals surface area (Å²) in [6.45, 7) is 2.94. The van der Waals surface area contributed by atoms with Crippen LogP contribution in [0.1, 0.15) is 40.6 Å². The maximum absolute atomic E-state index is 12.9. The summed E-state index contributed by atoms with van der Waals surface area (Å²) in [7, 11) is 3.16. The van der Waals surface area contributed by atoms with E-state index in [-0.39, 0.29) is 11.7 Å². The molecule has 1 fully saturated rings. The van der Waals surface area contributed by atoms with Crippen LogP contribution >= 0.6 is 0 Å². The average molecular weight is 342 g/mol. The molecular weight excluding hydrogens is 320 g/mol. The molecule has 5 heteroatoms. The minimum Gasteiger partial charge on any atom is -0.493 e. The highest BCUT2D eigenvalue weighted by Crippen LogP contribution is 2.39. The number of benzene rings is 2. The van der Waals surface area contributed by atoms with E-state index in [9.17, 15) is 4.79 Å². The smallest absolute Gasteiger partial charge is 0.184 e. The fraction of sp³-hybridized carbons (Fsp3) is 0.350. The highest BCUT2D eigenvalue weighted by Gasteiger charge is 2.28. The number of rotatable bonds is 6. The topological polar surface area (TPSA) is 54.0 Å². The van der Waals surface area contributed by atoms with Gasteiger partial charge in [-0.1, -0.05) is 37.3 Å². The summed E-state index contributed by atoms with van der Waals surface area (Å²) >= 11 is 0. The van der Waals surface area contributed by atoms with Gasteiger partial charge in [0.25, 0.3) is 0 Å². The van der Waals surface area contributed by atoms with Crippen LogP contribution in [0.15, 0.2) is 42.5 Å². The Labute approximate surface area is 147 Å². The van der Waals surface area contributed by atoms with Crippen molar-refractivity contribution in [3.05, 3.63) is 59.2 Å². The Bertz CT molecular complexity index is 735. The molecule has 0 saturated carbocycles. The maximum Gasteiger partial charge on any atom is 0.184 e. The number of carbonyl (C=O) groups is 1. The molecule has 0 amide bonds. The summed E-state index contributed by atoms with van der Waals surface area (Å²) in [5.41, 5.74) is 2.29. The molecule has 0 N–H and O–H groups in total. The average Bonchev–Trinajstić information content (AvgIpc) is 3.21. The van der Waals surface area contributed by atoms with Gasteiger partial charge < -0.3 is 18.9 Å². The zero-order chi connectivity index (χ0) is 17.8. The van der Waals surface area contributed by atoms with E-state index in [0.717, 1.165) is 11.1 Å². The second-order valence-corrected chi connectivity index (χ2v) is 5.86. The molecule has 25 heavy (non-hydrogen) atoms. The Morgan fingerprint density at radius 1 is 1.04 bits per heavy atom. The Morgan fingerprint density at radius 2 is 1.64 bits per heavy atom. The van der Waals surface area contributed by atoms with E-state index in [1.165, 1.54) is 0 Å². The molecule has 1 aliphatic heterocycles. The number of hydrogen-bond donors (Lipinski definition) is 0. The molecule has 0 aliphatic carbocycles. The number of carbonyl (C=O) groups excluding carboxylic acids is 1. The second kappa shape index (κ2) is 7.68. The van der Waals surface area contributed by atoms with Crippen LogP contribution < -0.4 is 9.47 Å². The lowest BCUT2D eigenvalue weighted by molar-refractivity contribution is -0.0449. The molecule has 5 nitrogen and oxygen atoms in total. The van der Waals surface area contributed by atoms with Crippen molar-refractivity contribution in [2.45, 2.75) is 19.1 Å². The van der Waals surface area contributed by atoms with Crippen LogP contribution in [0.2, 0.25) is 0 Å². The molecule has 1 heterocycles.